The van der Waals surface area contributed by atoms with Gasteiger partial charge in [0.2, 0.25) is 0 Å². The molecule has 2 aliphatic heterocycles. The molecule has 0 aliphatic carbocycles. The van der Waals surface area contributed by atoms with Gasteiger partial charge in [-0.1, -0.05) is 20.8 Å². The molecule has 11 heteroatoms. The van der Waals surface area contributed by atoms with Gasteiger partial charge in [-0.25, -0.2) is 0 Å². The first-order valence-corrected chi connectivity index (χ1v) is 13.0. The normalized spacial score (nSPS) is 41.2. The van der Waals surface area contributed by atoms with E-state index in [2.05, 4.69) is 4.99 Å². The number of hydrogen-bond acceptors (Lipinski definition) is 11. The van der Waals surface area contributed by atoms with Gasteiger partial charge in [-0.05, 0) is 33.7 Å². The van der Waals surface area contributed by atoms with Gasteiger partial charge in [-0.15, -0.1) is 0 Å². The van der Waals surface area contributed by atoms with E-state index < -0.39 is 73.4 Å². The molecule has 0 aromatic rings. The summed E-state index contributed by atoms with van der Waals surface area (Å²) in [6.45, 7) is 11.6. The number of aliphatic hydroxyl groups is 4. The molecule has 2 aliphatic rings. The lowest BCUT2D eigenvalue weighted by Gasteiger charge is -2.48. The average molecular weight is 521 g/mol. The Morgan fingerprint density at radius 2 is 1.50 bits per heavy atom. The van der Waals surface area contributed by atoms with Crippen molar-refractivity contribution in [3.8, 4) is 0 Å². The van der Waals surface area contributed by atoms with Crippen LogP contribution in [0.4, 0.5) is 0 Å². The third-order valence-electron chi connectivity index (χ3n) is 7.26. The van der Waals surface area contributed by atoms with Gasteiger partial charge in [-0.3, -0.25) is 4.99 Å². The first kappa shape index (κ1) is 31.5. The fraction of sp³-hybridized carbons (Fsp3) is 0.960. The maximum atomic E-state index is 10.9. The van der Waals surface area contributed by atoms with E-state index in [0.29, 0.717) is 13.1 Å². The van der Waals surface area contributed by atoms with Gasteiger partial charge in [0.25, 0.3) is 0 Å². The van der Waals surface area contributed by atoms with Crippen LogP contribution in [0, 0.1) is 17.8 Å². The van der Waals surface area contributed by atoms with E-state index in [9.17, 15) is 20.4 Å². The van der Waals surface area contributed by atoms with Crippen molar-refractivity contribution < 1.29 is 44.1 Å². The molecule has 0 radical (unpaired) electrons. The zero-order valence-corrected chi connectivity index (χ0v) is 22.6. The van der Waals surface area contributed by atoms with Crippen molar-refractivity contribution in [1.29, 1.82) is 0 Å². The Labute approximate surface area is 214 Å². The van der Waals surface area contributed by atoms with E-state index in [4.69, 9.17) is 29.4 Å². The van der Waals surface area contributed by atoms with Crippen LogP contribution < -0.4 is 5.73 Å². The Kier molecular flexibility index (Phi) is 12.6. The van der Waals surface area contributed by atoms with Gasteiger partial charge in [0.15, 0.2) is 12.6 Å². The summed E-state index contributed by atoms with van der Waals surface area (Å²) in [7, 11) is 1.53. The van der Waals surface area contributed by atoms with E-state index >= 15 is 0 Å². The number of methoxy groups -OCH3 is 1. The zero-order valence-electron chi connectivity index (χ0n) is 22.6. The molecule has 0 aromatic heterocycles. The molecule has 0 amide bonds. The van der Waals surface area contributed by atoms with Crippen molar-refractivity contribution >= 4 is 6.21 Å². The Hall–Kier alpha value is -0.730. The summed E-state index contributed by atoms with van der Waals surface area (Å²) >= 11 is 0. The fourth-order valence-corrected chi connectivity index (χ4v) is 4.78. The van der Waals surface area contributed by atoms with Crippen LogP contribution >= 0.6 is 0 Å². The number of nitrogens with zero attached hydrogens (tertiary/aromatic N) is 1. The lowest BCUT2D eigenvalue weighted by molar-refractivity contribution is -0.345. The van der Waals surface area contributed by atoms with Gasteiger partial charge in [-0.2, -0.15) is 0 Å². The van der Waals surface area contributed by atoms with Crippen LogP contribution in [0.25, 0.3) is 0 Å². The molecule has 0 saturated carbocycles. The van der Waals surface area contributed by atoms with Crippen molar-refractivity contribution in [2.75, 3.05) is 20.2 Å². The van der Waals surface area contributed by atoms with Crippen molar-refractivity contribution in [3.63, 3.8) is 0 Å². The molecule has 2 fully saturated rings. The summed E-state index contributed by atoms with van der Waals surface area (Å²) in [6, 6.07) is 0. The molecule has 0 bridgehead atoms. The minimum atomic E-state index is -1.19. The smallest absolute Gasteiger partial charge is 0.163 e. The molecule has 2 heterocycles. The number of ether oxygens (including phenoxy) is 5. The highest BCUT2D eigenvalue weighted by molar-refractivity contribution is 5.61. The predicted molar refractivity (Wildman–Crippen MR) is 133 cm³/mol. The molecule has 14 atom stereocenters. The van der Waals surface area contributed by atoms with Crippen LogP contribution in [0.5, 0.6) is 0 Å². The Morgan fingerprint density at radius 1 is 0.944 bits per heavy atom. The maximum Gasteiger partial charge on any atom is 0.163 e. The lowest BCUT2D eigenvalue weighted by Crippen LogP contribution is -2.60. The zero-order chi connectivity index (χ0) is 27.2. The monoisotopic (exact) mass is 520 g/mol. The summed E-state index contributed by atoms with van der Waals surface area (Å²) < 4.78 is 29.9. The molecule has 2 rings (SSSR count). The van der Waals surface area contributed by atoms with E-state index in [-0.39, 0.29) is 11.8 Å². The second-order valence-electron chi connectivity index (χ2n) is 10.3. The van der Waals surface area contributed by atoms with E-state index in [0.717, 1.165) is 6.42 Å². The third kappa shape index (κ3) is 7.66. The molecular formula is C25H48N2O9. The van der Waals surface area contributed by atoms with Crippen molar-refractivity contribution in [2.24, 2.45) is 28.5 Å². The molecular weight excluding hydrogens is 472 g/mol. The van der Waals surface area contributed by atoms with Crippen molar-refractivity contribution in [2.45, 2.75) is 115 Å². The summed E-state index contributed by atoms with van der Waals surface area (Å²) in [6.07, 6.45) is -6.30. The minimum absolute atomic E-state index is 0.298. The van der Waals surface area contributed by atoms with Crippen molar-refractivity contribution in [3.05, 3.63) is 0 Å². The first-order chi connectivity index (χ1) is 16.9. The topological polar surface area (TPSA) is 165 Å². The molecule has 6 unspecified atom stereocenters. The van der Waals surface area contributed by atoms with Gasteiger partial charge >= 0.3 is 0 Å². The summed E-state index contributed by atoms with van der Waals surface area (Å²) in [5.74, 6) is -1.09. The lowest BCUT2D eigenvalue weighted by atomic mass is 9.90. The second-order valence-corrected chi connectivity index (χ2v) is 10.3. The number of rotatable bonds is 12. The molecule has 2 saturated heterocycles. The fourth-order valence-electron chi connectivity index (χ4n) is 4.78. The van der Waals surface area contributed by atoms with Crippen LogP contribution in [0.1, 0.15) is 48.0 Å². The molecule has 6 N–H and O–H groups in total. The summed E-state index contributed by atoms with van der Waals surface area (Å²) in [4.78, 5) is 4.36. The van der Waals surface area contributed by atoms with Crippen LogP contribution in [0.3, 0.4) is 0 Å². The molecule has 11 nitrogen and oxygen atoms in total. The number of hydrogen-bond donors (Lipinski definition) is 5. The number of nitrogens with two attached hydrogens (primary N) is 1. The molecule has 212 valence electrons. The number of aliphatic imine (C=N–C) groups is 1. The molecule has 0 spiro atoms. The van der Waals surface area contributed by atoms with Gasteiger partial charge in [0.05, 0.1) is 36.6 Å². The average Bonchev–Trinajstić information content (AvgIpc) is 2.83. The summed E-state index contributed by atoms with van der Waals surface area (Å²) in [5, 5.41) is 42.1. The Balaban J connectivity index is 2.20. The highest BCUT2D eigenvalue weighted by atomic mass is 16.7. The standard InChI is InChI=1S/C25H48N2O9/c1-12(11-27-10-8-9-26)21(18(29)15(4)28)35-25-14(3)23(20(31)17(6)34-25)36-24-13(2)22(32-7)19(30)16(5)33-24/h11-25,28-31H,8-10,26H2,1-7H3/t12?,13?,14?,15?,16?,17?,18-,19-,20-,21-,22-,23-,24+,25+/m1/s1. The van der Waals surface area contributed by atoms with Crippen LogP contribution in [-0.4, -0.2) is 114 Å². The predicted octanol–water partition coefficient (Wildman–Crippen LogP) is 0.0528. The number of aliphatic hydroxyl groups excluding tert-OH is 4. The van der Waals surface area contributed by atoms with E-state index in [1.807, 2.05) is 20.8 Å². The largest absolute Gasteiger partial charge is 0.391 e. The maximum absolute atomic E-state index is 10.9. The van der Waals surface area contributed by atoms with E-state index in [1.165, 1.54) is 14.0 Å². The quantitative estimate of drug-likeness (QED) is 0.175. The minimum Gasteiger partial charge on any atom is -0.391 e. The summed E-state index contributed by atoms with van der Waals surface area (Å²) in [5.41, 5.74) is 5.53. The second kappa shape index (κ2) is 14.4. The van der Waals surface area contributed by atoms with Gasteiger partial charge in [0.1, 0.15) is 18.3 Å². The molecule has 0 aromatic carbocycles. The van der Waals surface area contributed by atoms with Crippen LogP contribution in [0.15, 0.2) is 4.99 Å². The highest BCUT2D eigenvalue weighted by Crippen LogP contribution is 2.36. The first-order valence-electron chi connectivity index (χ1n) is 13.0. The third-order valence-corrected chi connectivity index (χ3v) is 7.26. The highest BCUT2D eigenvalue weighted by Gasteiger charge is 2.49. The Morgan fingerprint density at radius 3 is 2.06 bits per heavy atom. The molecule has 36 heavy (non-hydrogen) atoms. The Bertz CT molecular complexity index is 669. The van der Waals surface area contributed by atoms with Crippen LogP contribution in [0.2, 0.25) is 0 Å². The SMILES string of the molecule is CO[C@@H]1C(C)[C@H](O[C@@H]2C(C)[C@H](O[C@H](C(C)C=NCCCN)[C@H](O)C(C)O)OC(C)[C@H]2O)OC(C)[C@H]1O. The van der Waals surface area contributed by atoms with Gasteiger partial charge < -0.3 is 49.8 Å². The van der Waals surface area contributed by atoms with Crippen LogP contribution in [-0.2, 0) is 23.7 Å². The van der Waals surface area contributed by atoms with Crippen molar-refractivity contribution in [1.82, 2.24) is 0 Å². The van der Waals surface area contributed by atoms with E-state index in [1.54, 1.807) is 20.1 Å². The van der Waals surface area contributed by atoms with Gasteiger partial charge in [0, 0.05) is 37.6 Å².